The number of benzene rings is 1. The summed E-state index contributed by atoms with van der Waals surface area (Å²) < 4.78 is 5.01. The summed E-state index contributed by atoms with van der Waals surface area (Å²) in [7, 11) is 0. The Morgan fingerprint density at radius 1 is 1.43 bits per heavy atom. The Kier molecular flexibility index (Phi) is 5.97. The van der Waals surface area contributed by atoms with Crippen LogP contribution in [0.3, 0.4) is 0 Å². The van der Waals surface area contributed by atoms with Crippen LogP contribution >= 0.6 is 0 Å². The predicted octanol–water partition coefficient (Wildman–Crippen LogP) is 1.56. The van der Waals surface area contributed by atoms with Crippen molar-refractivity contribution in [2.24, 2.45) is 0 Å². The molecule has 1 aromatic carbocycles. The molecule has 0 spiro atoms. The maximum Gasteiger partial charge on any atom is 0.341 e. The SMILES string of the molecule is Cc1[c-]c(C)cc(OCC(=O)O)c1.[Y]. The largest absolute Gasteiger partial charge is 0.507 e. The minimum atomic E-state index is -0.969. The Hall–Kier alpha value is -0.406. The van der Waals surface area contributed by atoms with Crippen molar-refractivity contribution in [2.45, 2.75) is 13.8 Å². The van der Waals surface area contributed by atoms with Crippen molar-refractivity contribution < 1.29 is 47.3 Å². The van der Waals surface area contributed by atoms with Crippen molar-refractivity contribution >= 4 is 5.97 Å². The molecule has 0 saturated heterocycles. The van der Waals surface area contributed by atoms with Crippen LogP contribution in [0.2, 0.25) is 0 Å². The Morgan fingerprint density at radius 2 is 1.93 bits per heavy atom. The third kappa shape index (κ3) is 4.73. The average Bonchev–Trinajstić information content (AvgIpc) is 1.99. The van der Waals surface area contributed by atoms with Gasteiger partial charge in [-0.15, -0.1) is 12.1 Å². The summed E-state index contributed by atoms with van der Waals surface area (Å²) in [6.45, 7) is 3.48. The van der Waals surface area contributed by atoms with Gasteiger partial charge in [0.05, 0.1) is 0 Å². The molecular formula is C10H11O3Y-. The number of carboxylic acids is 1. The number of rotatable bonds is 3. The van der Waals surface area contributed by atoms with Crippen LogP contribution in [0.4, 0.5) is 0 Å². The van der Waals surface area contributed by atoms with Crippen molar-refractivity contribution in [1.82, 2.24) is 0 Å². The van der Waals surface area contributed by atoms with Crippen molar-refractivity contribution in [3.63, 3.8) is 0 Å². The van der Waals surface area contributed by atoms with Gasteiger partial charge >= 0.3 is 5.97 Å². The van der Waals surface area contributed by atoms with Crippen LogP contribution in [0.25, 0.3) is 0 Å². The summed E-state index contributed by atoms with van der Waals surface area (Å²) in [4.78, 5) is 10.2. The maximum atomic E-state index is 10.2. The minimum Gasteiger partial charge on any atom is -0.507 e. The van der Waals surface area contributed by atoms with E-state index in [0.717, 1.165) is 11.1 Å². The molecule has 0 saturated carbocycles. The van der Waals surface area contributed by atoms with Gasteiger partial charge in [-0.25, -0.2) is 4.79 Å². The first-order valence-corrected chi connectivity index (χ1v) is 3.93. The first kappa shape index (κ1) is 13.6. The van der Waals surface area contributed by atoms with Crippen LogP contribution in [-0.4, -0.2) is 17.7 Å². The molecule has 0 aliphatic heterocycles. The van der Waals surface area contributed by atoms with E-state index in [9.17, 15) is 4.79 Å². The molecule has 1 N–H and O–H groups in total. The molecule has 0 fully saturated rings. The smallest absolute Gasteiger partial charge is 0.341 e. The fourth-order valence-corrected chi connectivity index (χ4v) is 1.08. The number of ether oxygens (including phenoxy) is 1. The molecule has 1 rings (SSSR count). The third-order valence-corrected chi connectivity index (χ3v) is 1.47. The molecule has 0 bridgehead atoms. The van der Waals surface area contributed by atoms with E-state index in [1.807, 2.05) is 13.8 Å². The van der Waals surface area contributed by atoms with Crippen LogP contribution in [0.1, 0.15) is 11.1 Å². The predicted molar refractivity (Wildman–Crippen MR) is 47.9 cm³/mol. The molecule has 0 aromatic heterocycles. The number of carboxylic acid groups (broad SMARTS) is 1. The fraction of sp³-hybridized carbons (Fsp3) is 0.300. The molecule has 0 unspecified atom stereocenters. The number of hydrogen-bond acceptors (Lipinski definition) is 2. The van der Waals surface area contributed by atoms with Gasteiger partial charge in [0.1, 0.15) is 0 Å². The quantitative estimate of drug-likeness (QED) is 0.846. The second-order valence-corrected chi connectivity index (χ2v) is 2.86. The van der Waals surface area contributed by atoms with Crippen LogP contribution in [0.15, 0.2) is 12.1 Å². The van der Waals surface area contributed by atoms with E-state index in [1.54, 1.807) is 12.1 Å². The summed E-state index contributed by atoms with van der Waals surface area (Å²) in [5, 5.41) is 8.38. The van der Waals surface area contributed by atoms with E-state index < -0.39 is 5.97 Å². The monoisotopic (exact) mass is 268 g/mol. The Morgan fingerprint density at radius 3 is 2.36 bits per heavy atom. The molecule has 1 radical (unpaired) electrons. The summed E-state index contributed by atoms with van der Waals surface area (Å²) in [5.41, 5.74) is 1.89. The van der Waals surface area contributed by atoms with Crippen LogP contribution in [0.5, 0.6) is 5.75 Å². The van der Waals surface area contributed by atoms with Gasteiger partial charge in [-0.1, -0.05) is 13.8 Å². The van der Waals surface area contributed by atoms with Gasteiger partial charge in [0, 0.05) is 38.5 Å². The standard InChI is InChI=1S/C10H11O3.Y/c1-7-3-8(2)5-9(4-7)13-6-10(11)12;/h4-5H,6H2,1-2H3,(H,11,12);/q-1;. The van der Waals surface area contributed by atoms with Gasteiger partial charge in [-0.3, -0.25) is 0 Å². The second-order valence-electron chi connectivity index (χ2n) is 2.86. The normalized spacial score (nSPS) is 9.00. The van der Waals surface area contributed by atoms with Crippen LogP contribution < -0.4 is 4.74 Å². The molecule has 73 valence electrons. The summed E-state index contributed by atoms with van der Waals surface area (Å²) in [6, 6.07) is 6.59. The first-order chi connectivity index (χ1) is 6.08. The van der Waals surface area contributed by atoms with Gasteiger partial charge in [-0.2, -0.15) is 17.2 Å². The first-order valence-electron chi connectivity index (χ1n) is 3.93. The van der Waals surface area contributed by atoms with Gasteiger partial charge in [-0.05, 0) is 0 Å². The molecule has 14 heavy (non-hydrogen) atoms. The molecule has 4 heteroatoms. The third-order valence-electron chi connectivity index (χ3n) is 1.47. The Balaban J connectivity index is 0.00000169. The molecule has 0 aliphatic carbocycles. The zero-order chi connectivity index (χ0) is 9.84. The zero-order valence-corrected chi connectivity index (χ0v) is 11.0. The van der Waals surface area contributed by atoms with E-state index in [0.29, 0.717) is 5.75 Å². The molecular weight excluding hydrogens is 257 g/mol. The molecule has 0 heterocycles. The maximum absolute atomic E-state index is 10.2. The van der Waals surface area contributed by atoms with E-state index in [-0.39, 0.29) is 39.3 Å². The van der Waals surface area contributed by atoms with Crippen molar-refractivity contribution in [3.8, 4) is 5.75 Å². The number of carbonyl (C=O) groups is 1. The van der Waals surface area contributed by atoms with E-state index in [4.69, 9.17) is 9.84 Å². The van der Waals surface area contributed by atoms with Gasteiger partial charge in [0.25, 0.3) is 0 Å². The summed E-state index contributed by atoms with van der Waals surface area (Å²) in [6.07, 6.45) is 0. The number of aliphatic carboxylic acids is 1. The van der Waals surface area contributed by atoms with Gasteiger partial charge in [0.2, 0.25) is 0 Å². The van der Waals surface area contributed by atoms with E-state index in [2.05, 4.69) is 6.07 Å². The molecule has 1 aromatic rings. The summed E-state index contributed by atoms with van der Waals surface area (Å²) in [5.74, 6) is -0.390. The van der Waals surface area contributed by atoms with Crippen molar-refractivity contribution in [3.05, 3.63) is 29.3 Å². The number of aryl methyl sites for hydroxylation is 2. The molecule has 0 atom stereocenters. The Labute approximate surface area is 108 Å². The number of hydrogen-bond donors (Lipinski definition) is 1. The van der Waals surface area contributed by atoms with Crippen LogP contribution in [-0.2, 0) is 37.5 Å². The van der Waals surface area contributed by atoms with Crippen LogP contribution in [0, 0.1) is 19.9 Å². The van der Waals surface area contributed by atoms with Crippen molar-refractivity contribution in [2.75, 3.05) is 6.61 Å². The minimum absolute atomic E-state index is 0. The molecule has 0 amide bonds. The van der Waals surface area contributed by atoms with Crippen molar-refractivity contribution in [1.29, 1.82) is 0 Å². The molecule has 0 aliphatic rings. The van der Waals surface area contributed by atoms with Gasteiger partial charge < -0.3 is 9.84 Å². The van der Waals surface area contributed by atoms with Gasteiger partial charge in [0.15, 0.2) is 6.61 Å². The molecule has 3 nitrogen and oxygen atoms in total. The average molecular weight is 268 g/mol. The Bertz CT molecular complexity index is 303. The van der Waals surface area contributed by atoms with E-state index in [1.165, 1.54) is 0 Å². The van der Waals surface area contributed by atoms with E-state index >= 15 is 0 Å². The fourth-order valence-electron chi connectivity index (χ4n) is 1.08. The summed E-state index contributed by atoms with van der Waals surface area (Å²) >= 11 is 0. The second kappa shape index (κ2) is 6.15. The zero-order valence-electron chi connectivity index (χ0n) is 8.20. The topological polar surface area (TPSA) is 46.5 Å².